The lowest BCUT2D eigenvalue weighted by atomic mass is 10.1. The fourth-order valence-electron chi connectivity index (χ4n) is 4.25. The van der Waals surface area contributed by atoms with Gasteiger partial charge in [-0.15, -0.1) is 13.2 Å². The summed E-state index contributed by atoms with van der Waals surface area (Å²) in [5.41, 5.74) is 2.99. The number of rotatable bonds is 4. The fourth-order valence-corrected chi connectivity index (χ4v) is 4.25. The lowest BCUT2D eigenvalue weighted by molar-refractivity contribution is -0.274. The molecule has 3 aromatic heterocycles. The van der Waals surface area contributed by atoms with Gasteiger partial charge in [0.25, 0.3) is 0 Å². The molecule has 9 nitrogen and oxygen atoms in total. The van der Waals surface area contributed by atoms with Crippen LogP contribution >= 0.6 is 0 Å². The van der Waals surface area contributed by atoms with E-state index in [1.807, 2.05) is 25.1 Å². The lowest BCUT2D eigenvalue weighted by Gasteiger charge is -2.40. The monoisotopic (exact) mass is 497 g/mol. The molecule has 186 valence electrons. The van der Waals surface area contributed by atoms with Crippen LogP contribution in [0.3, 0.4) is 0 Å². The number of nitrogens with zero attached hydrogens (tertiary/aromatic N) is 5. The first kappa shape index (κ1) is 23.4. The number of urea groups is 1. The molecule has 0 bridgehead atoms. The molecule has 4 aromatic rings. The SMILES string of the molecule is C[C@@H]1CN(c2ncnc3[nH]c(-c4ccncc4)cc23)CCN1C(=O)Nc1ccc(OC(F)(F)F)cc1. The highest BCUT2D eigenvalue weighted by Gasteiger charge is 2.31. The van der Waals surface area contributed by atoms with Crippen molar-refractivity contribution >= 4 is 28.6 Å². The molecule has 12 heteroatoms. The minimum atomic E-state index is -4.77. The van der Waals surface area contributed by atoms with E-state index in [9.17, 15) is 18.0 Å². The Labute approximate surface area is 203 Å². The Hall–Kier alpha value is -4.35. The van der Waals surface area contributed by atoms with Crippen LogP contribution in [0.2, 0.25) is 0 Å². The summed E-state index contributed by atoms with van der Waals surface area (Å²) in [7, 11) is 0. The molecule has 0 aliphatic carbocycles. The molecule has 2 amide bonds. The van der Waals surface area contributed by atoms with Crippen LogP contribution < -0.4 is 15.0 Å². The number of carbonyl (C=O) groups excluding carboxylic acids is 1. The van der Waals surface area contributed by atoms with Gasteiger partial charge >= 0.3 is 12.4 Å². The van der Waals surface area contributed by atoms with Crippen molar-refractivity contribution in [2.75, 3.05) is 29.9 Å². The standard InChI is InChI=1S/C24H22F3N7O2/c1-15-13-33(22-19-12-20(16-6-8-28-9-7-16)32-21(19)29-14-30-22)10-11-34(15)23(35)31-17-2-4-18(5-3-17)36-24(25,26)27/h2-9,12,14-15H,10-11,13H2,1H3,(H,31,35)(H,29,30,32)/t15-/m1/s1. The molecule has 0 spiro atoms. The number of hydrogen-bond donors (Lipinski definition) is 2. The minimum absolute atomic E-state index is 0.143. The van der Waals surface area contributed by atoms with Crippen molar-refractivity contribution in [1.29, 1.82) is 0 Å². The maximum atomic E-state index is 12.9. The number of pyridine rings is 1. The highest BCUT2D eigenvalue weighted by molar-refractivity contribution is 5.92. The predicted molar refractivity (Wildman–Crippen MR) is 128 cm³/mol. The van der Waals surface area contributed by atoms with Crippen LogP contribution in [-0.2, 0) is 0 Å². The number of benzene rings is 1. The van der Waals surface area contributed by atoms with E-state index < -0.39 is 6.36 Å². The van der Waals surface area contributed by atoms with Crippen molar-refractivity contribution < 1.29 is 22.7 Å². The Morgan fingerprint density at radius 1 is 1.11 bits per heavy atom. The van der Waals surface area contributed by atoms with E-state index in [0.29, 0.717) is 25.3 Å². The zero-order valence-corrected chi connectivity index (χ0v) is 19.2. The van der Waals surface area contributed by atoms with Gasteiger partial charge in [0.05, 0.1) is 5.39 Å². The van der Waals surface area contributed by atoms with Gasteiger partial charge in [-0.05, 0) is 49.4 Å². The summed E-state index contributed by atoms with van der Waals surface area (Å²) in [4.78, 5) is 32.9. The first-order chi connectivity index (χ1) is 17.3. The van der Waals surface area contributed by atoms with Gasteiger partial charge in [-0.1, -0.05) is 0 Å². The Balaban J connectivity index is 1.26. The molecular formula is C24H22F3N7O2. The second-order valence-corrected chi connectivity index (χ2v) is 8.37. The number of piperazine rings is 1. The number of nitrogens with one attached hydrogen (secondary N) is 2. The highest BCUT2D eigenvalue weighted by Crippen LogP contribution is 2.30. The zero-order chi connectivity index (χ0) is 25.3. The van der Waals surface area contributed by atoms with Crippen LogP contribution in [0, 0.1) is 0 Å². The number of halogens is 3. The predicted octanol–water partition coefficient (Wildman–Crippen LogP) is 4.66. The van der Waals surface area contributed by atoms with Gasteiger partial charge in [0.1, 0.15) is 23.5 Å². The van der Waals surface area contributed by atoms with Gasteiger partial charge in [-0.3, -0.25) is 4.98 Å². The summed E-state index contributed by atoms with van der Waals surface area (Å²) in [5, 5.41) is 3.62. The number of hydrogen-bond acceptors (Lipinski definition) is 6. The van der Waals surface area contributed by atoms with Crippen molar-refractivity contribution in [3.05, 3.63) is 61.2 Å². The molecule has 0 radical (unpaired) electrons. The van der Waals surface area contributed by atoms with Gasteiger partial charge in [0.15, 0.2) is 0 Å². The summed E-state index contributed by atoms with van der Waals surface area (Å²) in [6, 6.07) is 10.4. The molecule has 1 aromatic carbocycles. The van der Waals surface area contributed by atoms with E-state index in [2.05, 4.69) is 34.9 Å². The summed E-state index contributed by atoms with van der Waals surface area (Å²) >= 11 is 0. The van der Waals surface area contributed by atoms with Crippen LogP contribution in [0.1, 0.15) is 6.92 Å². The van der Waals surface area contributed by atoms with Crippen LogP contribution in [0.25, 0.3) is 22.3 Å². The van der Waals surface area contributed by atoms with E-state index in [0.717, 1.165) is 40.2 Å². The summed E-state index contributed by atoms with van der Waals surface area (Å²) in [6.45, 7) is 3.48. The summed E-state index contributed by atoms with van der Waals surface area (Å²) in [6.07, 6.45) is 0.199. The molecule has 1 fully saturated rings. The normalized spacial score (nSPS) is 16.3. The van der Waals surface area contributed by atoms with Crippen molar-refractivity contribution in [2.24, 2.45) is 0 Å². The average Bonchev–Trinajstić information content (AvgIpc) is 3.29. The molecule has 1 aliphatic rings. The molecule has 4 heterocycles. The van der Waals surface area contributed by atoms with Crippen molar-refractivity contribution in [3.8, 4) is 17.0 Å². The maximum absolute atomic E-state index is 12.9. The molecule has 36 heavy (non-hydrogen) atoms. The molecule has 1 saturated heterocycles. The van der Waals surface area contributed by atoms with Crippen molar-refractivity contribution in [3.63, 3.8) is 0 Å². The summed E-state index contributed by atoms with van der Waals surface area (Å²) < 4.78 is 40.9. The highest BCUT2D eigenvalue weighted by atomic mass is 19.4. The number of carbonyl (C=O) groups is 1. The largest absolute Gasteiger partial charge is 0.573 e. The van der Waals surface area contributed by atoms with Crippen molar-refractivity contribution in [1.82, 2.24) is 24.8 Å². The molecule has 1 atom stereocenters. The number of aromatic nitrogens is 4. The first-order valence-electron chi connectivity index (χ1n) is 11.2. The molecular weight excluding hydrogens is 475 g/mol. The van der Waals surface area contributed by atoms with E-state index in [1.165, 1.54) is 18.5 Å². The smallest absolute Gasteiger partial charge is 0.406 e. The third-order valence-corrected chi connectivity index (χ3v) is 5.92. The Morgan fingerprint density at radius 3 is 2.56 bits per heavy atom. The molecule has 0 saturated carbocycles. The second-order valence-electron chi connectivity index (χ2n) is 8.37. The van der Waals surface area contributed by atoms with Crippen molar-refractivity contribution in [2.45, 2.75) is 19.3 Å². The third-order valence-electron chi connectivity index (χ3n) is 5.92. The van der Waals surface area contributed by atoms with Gasteiger partial charge in [-0.2, -0.15) is 0 Å². The van der Waals surface area contributed by atoms with Gasteiger partial charge in [-0.25, -0.2) is 14.8 Å². The Bertz CT molecular complexity index is 1360. The Kier molecular flexibility index (Phi) is 6.08. The van der Waals surface area contributed by atoms with E-state index in [-0.39, 0.29) is 17.8 Å². The molecule has 1 aliphatic heterocycles. The van der Waals surface area contributed by atoms with E-state index >= 15 is 0 Å². The quantitative estimate of drug-likeness (QED) is 0.426. The van der Waals surface area contributed by atoms with Gasteiger partial charge in [0, 0.05) is 55.0 Å². The number of fused-ring (bicyclic) bond motifs is 1. The zero-order valence-electron chi connectivity index (χ0n) is 19.2. The minimum Gasteiger partial charge on any atom is -0.406 e. The van der Waals surface area contributed by atoms with Crippen LogP contribution in [0.15, 0.2) is 61.2 Å². The summed E-state index contributed by atoms with van der Waals surface area (Å²) in [5.74, 6) is 0.430. The maximum Gasteiger partial charge on any atom is 0.573 e. The molecule has 5 rings (SSSR count). The molecule has 0 unspecified atom stereocenters. The van der Waals surface area contributed by atoms with E-state index in [4.69, 9.17) is 0 Å². The van der Waals surface area contributed by atoms with E-state index in [1.54, 1.807) is 17.3 Å². The number of ether oxygens (including phenoxy) is 1. The van der Waals surface area contributed by atoms with Crippen LogP contribution in [0.5, 0.6) is 5.75 Å². The van der Waals surface area contributed by atoms with Gasteiger partial charge in [0.2, 0.25) is 0 Å². The van der Waals surface area contributed by atoms with Crippen LogP contribution in [-0.4, -0.2) is 62.9 Å². The second kappa shape index (κ2) is 9.36. The third kappa shape index (κ3) is 5.02. The number of aromatic amines is 1. The number of alkyl halides is 3. The fraction of sp³-hybridized carbons (Fsp3) is 0.250. The topological polar surface area (TPSA) is 99.3 Å². The molecule has 2 N–H and O–H groups in total. The first-order valence-corrected chi connectivity index (χ1v) is 11.2. The number of H-pyrrole nitrogens is 1. The lowest BCUT2D eigenvalue weighted by Crippen LogP contribution is -2.55. The van der Waals surface area contributed by atoms with Gasteiger partial charge < -0.3 is 24.8 Å². The number of amides is 2. The Morgan fingerprint density at radius 2 is 1.86 bits per heavy atom. The average molecular weight is 497 g/mol. The van der Waals surface area contributed by atoms with Crippen LogP contribution in [0.4, 0.5) is 29.5 Å². The number of anilines is 2.